The molecule has 8 nitrogen and oxygen atoms in total. The standard InChI is InChI=1S/C18H26N6O2/c1-22-9-13(10-24-6-5-14(25)11-24)17(21-22)18(26)19-8-16-15(12-3-4-12)7-20-23(16)2/h7,9,12,14,25H,3-6,8,10-11H2,1-2H3,(H,19,26). The zero-order valence-corrected chi connectivity index (χ0v) is 15.4. The first-order chi connectivity index (χ1) is 12.5. The molecule has 1 atom stereocenters. The van der Waals surface area contributed by atoms with Gasteiger partial charge in [0.05, 0.1) is 24.5 Å². The smallest absolute Gasteiger partial charge is 0.272 e. The molecule has 1 amide bonds. The van der Waals surface area contributed by atoms with Crippen LogP contribution in [-0.2, 0) is 27.2 Å². The van der Waals surface area contributed by atoms with Crippen molar-refractivity contribution in [2.75, 3.05) is 13.1 Å². The van der Waals surface area contributed by atoms with Crippen molar-refractivity contribution in [2.45, 2.75) is 44.4 Å². The lowest BCUT2D eigenvalue weighted by Crippen LogP contribution is -2.28. The van der Waals surface area contributed by atoms with Crippen molar-refractivity contribution in [1.82, 2.24) is 29.8 Å². The molecule has 1 aliphatic carbocycles. The molecule has 0 radical (unpaired) electrons. The fourth-order valence-corrected chi connectivity index (χ4v) is 3.72. The number of aliphatic hydroxyl groups excluding tert-OH is 1. The number of carbonyl (C=O) groups is 1. The van der Waals surface area contributed by atoms with E-state index < -0.39 is 0 Å². The molecule has 4 rings (SSSR count). The summed E-state index contributed by atoms with van der Waals surface area (Å²) in [4.78, 5) is 14.9. The van der Waals surface area contributed by atoms with Gasteiger partial charge in [0.2, 0.25) is 0 Å². The van der Waals surface area contributed by atoms with Gasteiger partial charge >= 0.3 is 0 Å². The van der Waals surface area contributed by atoms with Gasteiger partial charge in [0, 0.05) is 45.5 Å². The first-order valence-corrected chi connectivity index (χ1v) is 9.23. The van der Waals surface area contributed by atoms with Gasteiger partial charge in [0.25, 0.3) is 5.91 Å². The highest BCUT2D eigenvalue weighted by Crippen LogP contribution is 2.41. The van der Waals surface area contributed by atoms with E-state index in [9.17, 15) is 9.90 Å². The molecule has 2 aromatic rings. The molecule has 2 N–H and O–H groups in total. The fourth-order valence-electron chi connectivity index (χ4n) is 3.72. The van der Waals surface area contributed by atoms with E-state index in [1.54, 1.807) is 4.68 Å². The number of likely N-dealkylation sites (tertiary alicyclic amines) is 1. The van der Waals surface area contributed by atoms with Crippen LogP contribution in [0.15, 0.2) is 12.4 Å². The number of amides is 1. The number of hydrogen-bond donors (Lipinski definition) is 2. The number of aromatic nitrogens is 4. The molecule has 2 aliphatic rings. The second kappa shape index (κ2) is 6.85. The van der Waals surface area contributed by atoms with Crippen LogP contribution in [0.3, 0.4) is 0 Å². The predicted octanol–water partition coefficient (Wildman–Crippen LogP) is 0.528. The first-order valence-electron chi connectivity index (χ1n) is 9.23. The van der Waals surface area contributed by atoms with Gasteiger partial charge in [-0.1, -0.05) is 0 Å². The summed E-state index contributed by atoms with van der Waals surface area (Å²) in [7, 11) is 3.74. The van der Waals surface area contributed by atoms with Crippen molar-refractivity contribution < 1.29 is 9.90 Å². The quantitative estimate of drug-likeness (QED) is 0.786. The summed E-state index contributed by atoms with van der Waals surface area (Å²) in [6.07, 6.45) is 6.74. The van der Waals surface area contributed by atoms with Crippen LogP contribution < -0.4 is 5.32 Å². The maximum atomic E-state index is 12.7. The van der Waals surface area contributed by atoms with E-state index in [0.29, 0.717) is 31.2 Å². The number of nitrogens with zero attached hydrogens (tertiary/aromatic N) is 5. The lowest BCUT2D eigenvalue weighted by atomic mass is 10.1. The Morgan fingerprint density at radius 2 is 2.15 bits per heavy atom. The molecular formula is C18H26N6O2. The number of carbonyl (C=O) groups excluding carboxylic acids is 1. The average molecular weight is 358 g/mol. The van der Waals surface area contributed by atoms with Crippen LogP contribution in [0.5, 0.6) is 0 Å². The monoisotopic (exact) mass is 358 g/mol. The Morgan fingerprint density at radius 3 is 2.85 bits per heavy atom. The molecule has 0 spiro atoms. The summed E-state index contributed by atoms with van der Waals surface area (Å²) in [5, 5.41) is 21.4. The molecule has 1 saturated carbocycles. The predicted molar refractivity (Wildman–Crippen MR) is 95.5 cm³/mol. The number of β-amino-alcohol motifs (C(OH)–C–C–N with tert-alkyl or cyclic N) is 1. The second-order valence-corrected chi connectivity index (χ2v) is 7.48. The third-order valence-electron chi connectivity index (χ3n) is 5.29. The molecule has 26 heavy (non-hydrogen) atoms. The molecule has 2 fully saturated rings. The lowest BCUT2D eigenvalue weighted by Gasteiger charge is -2.14. The molecular weight excluding hydrogens is 332 g/mol. The van der Waals surface area contributed by atoms with Gasteiger partial charge in [-0.2, -0.15) is 10.2 Å². The minimum Gasteiger partial charge on any atom is -0.392 e. The molecule has 1 unspecified atom stereocenters. The molecule has 1 saturated heterocycles. The number of aliphatic hydroxyl groups is 1. The minimum atomic E-state index is -0.269. The van der Waals surface area contributed by atoms with Crippen molar-refractivity contribution in [3.05, 3.63) is 34.9 Å². The van der Waals surface area contributed by atoms with Gasteiger partial charge in [-0.05, 0) is 30.7 Å². The highest BCUT2D eigenvalue weighted by Gasteiger charge is 2.29. The molecule has 8 heteroatoms. The number of rotatable bonds is 6. The van der Waals surface area contributed by atoms with Crippen LogP contribution in [-0.4, -0.2) is 54.7 Å². The lowest BCUT2D eigenvalue weighted by molar-refractivity contribution is 0.0942. The Bertz CT molecular complexity index is 807. The van der Waals surface area contributed by atoms with Gasteiger partial charge in [0.15, 0.2) is 5.69 Å². The highest BCUT2D eigenvalue weighted by molar-refractivity contribution is 5.93. The highest BCUT2D eigenvalue weighted by atomic mass is 16.3. The van der Waals surface area contributed by atoms with Crippen molar-refractivity contribution in [1.29, 1.82) is 0 Å². The summed E-state index contributed by atoms with van der Waals surface area (Å²) < 4.78 is 3.52. The summed E-state index contributed by atoms with van der Waals surface area (Å²) >= 11 is 0. The largest absolute Gasteiger partial charge is 0.392 e. The molecule has 0 bridgehead atoms. The van der Waals surface area contributed by atoms with Crippen LogP contribution in [0.4, 0.5) is 0 Å². The van der Waals surface area contributed by atoms with Crippen LogP contribution in [0.25, 0.3) is 0 Å². The average Bonchev–Trinajstić information content (AvgIpc) is 3.11. The topological polar surface area (TPSA) is 88.2 Å². The van der Waals surface area contributed by atoms with Crippen LogP contribution in [0.2, 0.25) is 0 Å². The third-order valence-corrected chi connectivity index (χ3v) is 5.29. The van der Waals surface area contributed by atoms with Crippen LogP contribution in [0, 0.1) is 0 Å². The van der Waals surface area contributed by atoms with Crippen molar-refractivity contribution in [2.24, 2.45) is 14.1 Å². The third kappa shape index (κ3) is 3.52. The summed E-state index contributed by atoms with van der Waals surface area (Å²) in [6.45, 7) is 2.58. The van der Waals surface area contributed by atoms with Crippen LogP contribution in [0.1, 0.15) is 52.5 Å². The summed E-state index contributed by atoms with van der Waals surface area (Å²) in [5.74, 6) is 0.436. The van der Waals surface area contributed by atoms with Crippen LogP contribution >= 0.6 is 0 Å². The molecule has 0 aromatic carbocycles. The zero-order chi connectivity index (χ0) is 18.3. The van der Waals surface area contributed by atoms with E-state index in [1.807, 2.05) is 31.2 Å². The summed E-state index contributed by atoms with van der Waals surface area (Å²) in [6, 6.07) is 0. The normalized spacial score (nSPS) is 20.7. The Labute approximate surface area is 152 Å². The van der Waals surface area contributed by atoms with Gasteiger partial charge in [0.1, 0.15) is 0 Å². The first kappa shape index (κ1) is 17.2. The number of nitrogens with one attached hydrogen (secondary N) is 1. The Morgan fingerprint density at radius 1 is 1.35 bits per heavy atom. The molecule has 2 aromatic heterocycles. The number of hydrogen-bond acceptors (Lipinski definition) is 5. The minimum absolute atomic E-state index is 0.164. The summed E-state index contributed by atoms with van der Waals surface area (Å²) in [5.41, 5.74) is 3.68. The van der Waals surface area contributed by atoms with Gasteiger partial charge < -0.3 is 10.4 Å². The Kier molecular flexibility index (Phi) is 4.54. The van der Waals surface area contributed by atoms with Crippen molar-refractivity contribution in [3.8, 4) is 0 Å². The van der Waals surface area contributed by atoms with E-state index >= 15 is 0 Å². The fraction of sp³-hybridized carbons (Fsp3) is 0.611. The molecule has 1 aliphatic heterocycles. The van der Waals surface area contributed by atoms with E-state index in [2.05, 4.69) is 20.4 Å². The van der Waals surface area contributed by atoms with Gasteiger partial charge in [-0.25, -0.2) is 0 Å². The van der Waals surface area contributed by atoms with Crippen molar-refractivity contribution >= 4 is 5.91 Å². The maximum Gasteiger partial charge on any atom is 0.272 e. The Hall–Kier alpha value is -2.19. The van der Waals surface area contributed by atoms with E-state index in [1.165, 1.54) is 18.4 Å². The SMILES string of the molecule is Cn1cc(CN2CCC(O)C2)c(C(=O)NCc2c(C3CC3)cnn2C)n1. The van der Waals surface area contributed by atoms with E-state index in [0.717, 1.165) is 24.2 Å². The van der Waals surface area contributed by atoms with E-state index in [4.69, 9.17) is 0 Å². The van der Waals surface area contributed by atoms with Gasteiger partial charge in [-0.3, -0.25) is 19.1 Å². The Balaban J connectivity index is 1.44. The molecule has 140 valence electrons. The second-order valence-electron chi connectivity index (χ2n) is 7.48. The van der Waals surface area contributed by atoms with Crippen molar-refractivity contribution in [3.63, 3.8) is 0 Å². The maximum absolute atomic E-state index is 12.7. The zero-order valence-electron chi connectivity index (χ0n) is 15.4. The number of aryl methyl sites for hydroxylation is 2. The van der Waals surface area contributed by atoms with Gasteiger partial charge in [-0.15, -0.1) is 0 Å². The van der Waals surface area contributed by atoms with E-state index in [-0.39, 0.29) is 12.0 Å². The molecule has 3 heterocycles.